The predicted octanol–water partition coefficient (Wildman–Crippen LogP) is 3.52. The SMILES string of the molecule is CCC(N1CCCCC1)C(N)(CC)c1ccc(OC)cc1. The Balaban J connectivity index is 2.27. The molecule has 2 atom stereocenters. The van der Waals surface area contributed by atoms with Gasteiger partial charge in [0.15, 0.2) is 0 Å². The molecular weight excluding hydrogens is 260 g/mol. The quantitative estimate of drug-likeness (QED) is 0.871. The third-order valence-corrected chi connectivity index (χ3v) is 5.03. The summed E-state index contributed by atoms with van der Waals surface area (Å²) >= 11 is 0. The molecule has 3 nitrogen and oxygen atoms in total. The highest BCUT2D eigenvalue weighted by molar-refractivity contribution is 5.33. The number of hydrogen-bond donors (Lipinski definition) is 1. The molecule has 2 N–H and O–H groups in total. The van der Waals surface area contributed by atoms with Crippen LogP contribution < -0.4 is 10.5 Å². The number of nitrogens with two attached hydrogens (primary N) is 1. The molecule has 1 aromatic carbocycles. The topological polar surface area (TPSA) is 38.5 Å². The molecule has 118 valence electrons. The fraction of sp³-hybridized carbons (Fsp3) is 0.667. The minimum Gasteiger partial charge on any atom is -0.497 e. The summed E-state index contributed by atoms with van der Waals surface area (Å²) in [5.74, 6) is 0.892. The van der Waals surface area contributed by atoms with Crippen molar-refractivity contribution < 1.29 is 4.74 Å². The lowest BCUT2D eigenvalue weighted by Gasteiger charge is -2.45. The molecule has 0 aliphatic carbocycles. The normalized spacial score (nSPS) is 20.8. The van der Waals surface area contributed by atoms with E-state index in [-0.39, 0.29) is 5.54 Å². The molecule has 1 saturated heterocycles. The Hall–Kier alpha value is -1.06. The second-order valence-corrected chi connectivity index (χ2v) is 6.14. The van der Waals surface area contributed by atoms with Gasteiger partial charge in [-0.3, -0.25) is 4.90 Å². The van der Waals surface area contributed by atoms with Crippen LogP contribution in [0.4, 0.5) is 0 Å². The Bertz CT molecular complexity index is 425. The first-order valence-corrected chi connectivity index (χ1v) is 8.33. The molecule has 0 amide bonds. The summed E-state index contributed by atoms with van der Waals surface area (Å²) < 4.78 is 5.27. The number of hydrogen-bond acceptors (Lipinski definition) is 3. The Morgan fingerprint density at radius 2 is 1.76 bits per heavy atom. The van der Waals surface area contributed by atoms with Gasteiger partial charge in [-0.05, 0) is 56.5 Å². The highest BCUT2D eigenvalue weighted by atomic mass is 16.5. The van der Waals surface area contributed by atoms with Gasteiger partial charge >= 0.3 is 0 Å². The number of rotatable bonds is 6. The first-order valence-electron chi connectivity index (χ1n) is 8.33. The first-order chi connectivity index (χ1) is 10.2. The molecular formula is C18H30N2O. The van der Waals surface area contributed by atoms with Crippen LogP contribution >= 0.6 is 0 Å². The summed E-state index contributed by atoms with van der Waals surface area (Å²) in [4.78, 5) is 2.61. The predicted molar refractivity (Wildman–Crippen MR) is 88.7 cm³/mol. The molecule has 3 heteroatoms. The van der Waals surface area contributed by atoms with Crippen molar-refractivity contribution in [2.45, 2.75) is 57.5 Å². The highest BCUT2D eigenvalue weighted by Crippen LogP contribution is 2.33. The van der Waals surface area contributed by atoms with E-state index < -0.39 is 0 Å². The second kappa shape index (κ2) is 7.28. The standard InChI is InChI=1S/C18H30N2O/c1-4-17(20-13-7-6-8-14-20)18(19,5-2)15-9-11-16(21-3)12-10-15/h9-12,17H,4-8,13-14,19H2,1-3H3. The van der Waals surface area contributed by atoms with Crippen molar-refractivity contribution in [1.29, 1.82) is 0 Å². The number of methoxy groups -OCH3 is 1. The lowest BCUT2D eigenvalue weighted by Crippen LogP contribution is -2.56. The van der Waals surface area contributed by atoms with Gasteiger partial charge in [-0.2, -0.15) is 0 Å². The van der Waals surface area contributed by atoms with Crippen molar-refractivity contribution >= 4 is 0 Å². The van der Waals surface area contributed by atoms with Crippen molar-refractivity contribution in [2.75, 3.05) is 20.2 Å². The number of nitrogens with zero attached hydrogens (tertiary/aromatic N) is 1. The molecule has 21 heavy (non-hydrogen) atoms. The molecule has 1 aromatic rings. The van der Waals surface area contributed by atoms with Crippen LogP contribution in [0.3, 0.4) is 0 Å². The minimum atomic E-state index is -0.279. The van der Waals surface area contributed by atoms with Crippen LogP contribution in [0.2, 0.25) is 0 Å². The van der Waals surface area contributed by atoms with E-state index in [2.05, 4.69) is 30.9 Å². The summed E-state index contributed by atoms with van der Waals surface area (Å²) in [6.07, 6.45) is 6.02. The third-order valence-electron chi connectivity index (χ3n) is 5.03. The van der Waals surface area contributed by atoms with E-state index in [0.717, 1.165) is 18.6 Å². The molecule has 2 unspecified atom stereocenters. The Morgan fingerprint density at radius 3 is 2.24 bits per heavy atom. The molecule has 0 saturated carbocycles. The van der Waals surface area contributed by atoms with Crippen LogP contribution in [0, 0.1) is 0 Å². The first kappa shape index (κ1) is 16.3. The molecule has 0 radical (unpaired) electrons. The Kier molecular flexibility index (Phi) is 5.65. The average molecular weight is 290 g/mol. The molecule has 2 rings (SSSR count). The van der Waals surface area contributed by atoms with E-state index in [9.17, 15) is 0 Å². The van der Waals surface area contributed by atoms with E-state index in [1.165, 1.54) is 37.9 Å². The van der Waals surface area contributed by atoms with Crippen molar-refractivity contribution in [1.82, 2.24) is 4.90 Å². The van der Waals surface area contributed by atoms with Crippen LogP contribution in [0.15, 0.2) is 24.3 Å². The minimum absolute atomic E-state index is 0.279. The van der Waals surface area contributed by atoms with Crippen molar-refractivity contribution in [2.24, 2.45) is 5.73 Å². The number of likely N-dealkylation sites (tertiary alicyclic amines) is 1. The molecule has 1 fully saturated rings. The molecule has 0 aromatic heterocycles. The molecule has 1 aliphatic heterocycles. The van der Waals surface area contributed by atoms with Gasteiger partial charge in [0.2, 0.25) is 0 Å². The van der Waals surface area contributed by atoms with Crippen LogP contribution in [0.25, 0.3) is 0 Å². The zero-order valence-electron chi connectivity index (χ0n) is 13.8. The second-order valence-electron chi connectivity index (χ2n) is 6.14. The van der Waals surface area contributed by atoms with Crippen molar-refractivity contribution in [3.63, 3.8) is 0 Å². The van der Waals surface area contributed by atoms with Gasteiger partial charge in [0, 0.05) is 6.04 Å². The summed E-state index contributed by atoms with van der Waals surface area (Å²) in [5, 5.41) is 0. The molecule has 0 bridgehead atoms. The van der Waals surface area contributed by atoms with Crippen LogP contribution in [-0.4, -0.2) is 31.1 Å². The van der Waals surface area contributed by atoms with Crippen LogP contribution in [0.1, 0.15) is 51.5 Å². The van der Waals surface area contributed by atoms with Gasteiger partial charge in [0.05, 0.1) is 12.6 Å². The average Bonchev–Trinajstić information content (AvgIpc) is 2.56. The van der Waals surface area contributed by atoms with Gasteiger partial charge < -0.3 is 10.5 Å². The summed E-state index contributed by atoms with van der Waals surface area (Å²) in [6.45, 7) is 6.85. The maximum atomic E-state index is 6.91. The molecule has 0 spiro atoms. The maximum absolute atomic E-state index is 6.91. The summed E-state index contributed by atoms with van der Waals surface area (Å²) in [5.41, 5.74) is 7.86. The Labute approximate surface area is 129 Å². The number of piperidine rings is 1. The smallest absolute Gasteiger partial charge is 0.118 e. The lowest BCUT2D eigenvalue weighted by molar-refractivity contribution is 0.0898. The lowest BCUT2D eigenvalue weighted by atomic mass is 9.78. The number of benzene rings is 1. The van der Waals surface area contributed by atoms with E-state index in [1.54, 1.807) is 7.11 Å². The molecule has 1 heterocycles. The summed E-state index contributed by atoms with van der Waals surface area (Å²) in [7, 11) is 1.70. The van der Waals surface area contributed by atoms with Crippen LogP contribution in [0.5, 0.6) is 5.75 Å². The zero-order chi connectivity index (χ0) is 15.3. The summed E-state index contributed by atoms with van der Waals surface area (Å²) in [6, 6.07) is 8.73. The maximum Gasteiger partial charge on any atom is 0.118 e. The van der Waals surface area contributed by atoms with E-state index in [1.807, 2.05) is 12.1 Å². The zero-order valence-corrected chi connectivity index (χ0v) is 13.8. The van der Waals surface area contributed by atoms with Gasteiger partial charge in [0.25, 0.3) is 0 Å². The molecule has 1 aliphatic rings. The van der Waals surface area contributed by atoms with Gasteiger partial charge in [-0.1, -0.05) is 32.4 Å². The van der Waals surface area contributed by atoms with Gasteiger partial charge in [0.1, 0.15) is 5.75 Å². The van der Waals surface area contributed by atoms with E-state index >= 15 is 0 Å². The largest absolute Gasteiger partial charge is 0.497 e. The van der Waals surface area contributed by atoms with Gasteiger partial charge in [-0.25, -0.2) is 0 Å². The Morgan fingerprint density at radius 1 is 1.14 bits per heavy atom. The van der Waals surface area contributed by atoms with Crippen LogP contribution in [-0.2, 0) is 5.54 Å². The highest BCUT2D eigenvalue weighted by Gasteiger charge is 2.38. The van der Waals surface area contributed by atoms with E-state index in [4.69, 9.17) is 10.5 Å². The fourth-order valence-corrected chi connectivity index (χ4v) is 3.71. The van der Waals surface area contributed by atoms with Gasteiger partial charge in [-0.15, -0.1) is 0 Å². The third kappa shape index (κ3) is 3.41. The van der Waals surface area contributed by atoms with Crippen molar-refractivity contribution in [3.05, 3.63) is 29.8 Å². The monoisotopic (exact) mass is 290 g/mol. The van der Waals surface area contributed by atoms with E-state index in [0.29, 0.717) is 6.04 Å². The fourth-order valence-electron chi connectivity index (χ4n) is 3.71. The van der Waals surface area contributed by atoms with Crippen molar-refractivity contribution in [3.8, 4) is 5.75 Å². The number of ether oxygens (including phenoxy) is 1.